The van der Waals surface area contributed by atoms with Crippen molar-refractivity contribution in [3.63, 3.8) is 0 Å². The second-order valence-corrected chi connectivity index (χ2v) is 8.80. The molecule has 0 spiro atoms. The molecule has 0 radical (unpaired) electrons. The van der Waals surface area contributed by atoms with Crippen LogP contribution in [-0.2, 0) is 13.1 Å². The minimum atomic E-state index is -0.236. The number of benzene rings is 3. The van der Waals surface area contributed by atoms with E-state index in [2.05, 4.69) is 34.1 Å². The number of hydrogen-bond donors (Lipinski definition) is 0. The number of carbonyl (C=O) groups is 2. The van der Waals surface area contributed by atoms with Gasteiger partial charge >= 0.3 is 0 Å². The van der Waals surface area contributed by atoms with Gasteiger partial charge < -0.3 is 9.47 Å². The van der Waals surface area contributed by atoms with E-state index in [1.165, 1.54) is 19.8 Å². The van der Waals surface area contributed by atoms with Gasteiger partial charge in [0.25, 0.3) is 0 Å². The smallest absolute Gasteiger partial charge is 0.201 e. The molecule has 1 fully saturated rings. The van der Waals surface area contributed by atoms with Crippen LogP contribution in [0, 0.1) is 0 Å². The summed E-state index contributed by atoms with van der Waals surface area (Å²) in [6.45, 7) is 5.53. The molecule has 0 saturated carbocycles. The van der Waals surface area contributed by atoms with Gasteiger partial charge in [-0.1, -0.05) is 42.5 Å². The highest BCUT2D eigenvalue weighted by Crippen LogP contribution is 2.38. The normalized spacial score (nSPS) is 16.2. The highest BCUT2D eigenvalue weighted by Gasteiger charge is 2.35. The molecule has 0 atom stereocenters. The fourth-order valence-electron chi connectivity index (χ4n) is 4.94. The van der Waals surface area contributed by atoms with E-state index in [0.717, 1.165) is 38.3 Å². The average Bonchev–Trinajstić information content (AvgIpc) is 2.88. The SMILES string of the molecule is COc1cccc2c1C(=O)c1c(OC)cc(CN3CCN(Cc4ccccc4)CC3)cc1C2=O. The zero-order valence-corrected chi connectivity index (χ0v) is 19.5. The topological polar surface area (TPSA) is 59.1 Å². The van der Waals surface area contributed by atoms with Crippen LogP contribution in [0.3, 0.4) is 0 Å². The summed E-state index contributed by atoms with van der Waals surface area (Å²) in [5, 5.41) is 0. The summed E-state index contributed by atoms with van der Waals surface area (Å²) in [6, 6.07) is 19.4. The van der Waals surface area contributed by atoms with Gasteiger partial charge in [0.05, 0.1) is 25.3 Å². The van der Waals surface area contributed by atoms with Gasteiger partial charge in [0.15, 0.2) is 5.78 Å². The summed E-state index contributed by atoms with van der Waals surface area (Å²) in [6.07, 6.45) is 0. The predicted octanol–water partition coefficient (Wildman–Crippen LogP) is 3.80. The first-order valence-electron chi connectivity index (χ1n) is 11.5. The molecule has 5 rings (SSSR count). The molecule has 0 unspecified atom stereocenters. The summed E-state index contributed by atoms with van der Waals surface area (Å²) >= 11 is 0. The molecule has 34 heavy (non-hydrogen) atoms. The average molecular weight is 457 g/mol. The zero-order valence-electron chi connectivity index (χ0n) is 19.5. The molecule has 6 heteroatoms. The Morgan fingerprint density at radius 3 is 1.91 bits per heavy atom. The van der Waals surface area contributed by atoms with Crippen molar-refractivity contribution in [2.75, 3.05) is 40.4 Å². The summed E-state index contributed by atoms with van der Waals surface area (Å²) in [5.41, 5.74) is 3.72. The maximum Gasteiger partial charge on any atom is 0.201 e. The van der Waals surface area contributed by atoms with Gasteiger partial charge in [-0.05, 0) is 29.3 Å². The first-order valence-corrected chi connectivity index (χ1v) is 11.5. The Morgan fingerprint density at radius 1 is 0.647 bits per heavy atom. The molecule has 1 aliphatic heterocycles. The van der Waals surface area contributed by atoms with Crippen LogP contribution >= 0.6 is 0 Å². The highest BCUT2D eigenvalue weighted by molar-refractivity contribution is 6.30. The maximum atomic E-state index is 13.4. The third-order valence-corrected chi connectivity index (χ3v) is 6.69. The highest BCUT2D eigenvalue weighted by atomic mass is 16.5. The molecule has 0 aromatic heterocycles. The summed E-state index contributed by atoms with van der Waals surface area (Å²) in [7, 11) is 3.04. The van der Waals surface area contributed by atoms with E-state index in [0.29, 0.717) is 40.3 Å². The molecule has 1 saturated heterocycles. The van der Waals surface area contributed by atoms with E-state index in [9.17, 15) is 9.59 Å². The Balaban J connectivity index is 1.35. The van der Waals surface area contributed by atoms with Crippen LogP contribution in [0.1, 0.15) is 43.0 Å². The molecular formula is C28H28N2O4. The van der Waals surface area contributed by atoms with Gasteiger partial charge in [-0.25, -0.2) is 0 Å². The second kappa shape index (κ2) is 9.41. The molecule has 0 N–H and O–H groups in total. The van der Waals surface area contributed by atoms with E-state index in [-0.39, 0.29) is 11.6 Å². The first-order chi connectivity index (χ1) is 16.6. The van der Waals surface area contributed by atoms with Gasteiger partial charge in [-0.3, -0.25) is 19.4 Å². The molecule has 1 aliphatic carbocycles. The van der Waals surface area contributed by atoms with Crippen LogP contribution in [0.2, 0.25) is 0 Å². The number of ketones is 2. The van der Waals surface area contributed by atoms with Gasteiger partial charge in [0, 0.05) is 50.4 Å². The van der Waals surface area contributed by atoms with E-state index in [1.807, 2.05) is 18.2 Å². The summed E-state index contributed by atoms with van der Waals surface area (Å²) < 4.78 is 11.0. The molecule has 6 nitrogen and oxygen atoms in total. The van der Waals surface area contributed by atoms with Crippen LogP contribution in [0.15, 0.2) is 60.7 Å². The number of nitrogens with zero attached hydrogens (tertiary/aromatic N) is 2. The van der Waals surface area contributed by atoms with Crippen molar-refractivity contribution in [3.05, 3.63) is 94.0 Å². The lowest BCUT2D eigenvalue weighted by Crippen LogP contribution is -2.45. The standard InChI is InChI=1S/C28H28N2O4/c1-33-23-10-6-9-21-25(23)28(32)26-22(27(21)31)15-20(16-24(26)34-2)18-30-13-11-29(12-14-30)17-19-7-4-3-5-8-19/h3-10,15-16H,11-14,17-18H2,1-2H3. The van der Waals surface area contributed by atoms with E-state index in [4.69, 9.17) is 9.47 Å². The minimum absolute atomic E-state index is 0.170. The van der Waals surface area contributed by atoms with Gasteiger partial charge in [-0.15, -0.1) is 0 Å². The molecule has 2 aliphatic rings. The van der Waals surface area contributed by atoms with Crippen molar-refractivity contribution in [3.8, 4) is 11.5 Å². The lowest BCUT2D eigenvalue weighted by Gasteiger charge is -2.35. The molecule has 3 aromatic rings. The van der Waals surface area contributed by atoms with Crippen LogP contribution in [-0.4, -0.2) is 61.8 Å². The Morgan fingerprint density at radius 2 is 1.26 bits per heavy atom. The molecular weight excluding hydrogens is 428 g/mol. The van der Waals surface area contributed by atoms with E-state index in [1.54, 1.807) is 18.2 Å². The Bertz CT molecular complexity index is 1230. The van der Waals surface area contributed by atoms with Crippen molar-refractivity contribution >= 4 is 11.6 Å². The van der Waals surface area contributed by atoms with Crippen molar-refractivity contribution in [2.24, 2.45) is 0 Å². The molecule has 3 aromatic carbocycles. The Labute approximate surface area is 199 Å². The number of fused-ring (bicyclic) bond motifs is 2. The van der Waals surface area contributed by atoms with E-state index >= 15 is 0 Å². The van der Waals surface area contributed by atoms with Crippen molar-refractivity contribution in [1.29, 1.82) is 0 Å². The van der Waals surface area contributed by atoms with Crippen molar-refractivity contribution < 1.29 is 19.1 Å². The van der Waals surface area contributed by atoms with Gasteiger partial charge in [-0.2, -0.15) is 0 Å². The quantitative estimate of drug-likeness (QED) is 0.440. The summed E-state index contributed by atoms with van der Waals surface area (Å²) in [5.74, 6) is 0.433. The summed E-state index contributed by atoms with van der Waals surface area (Å²) in [4.78, 5) is 31.6. The third-order valence-electron chi connectivity index (χ3n) is 6.69. The number of carbonyl (C=O) groups excluding carboxylic acids is 2. The van der Waals surface area contributed by atoms with Gasteiger partial charge in [0.2, 0.25) is 5.78 Å². The molecule has 1 heterocycles. The van der Waals surface area contributed by atoms with Crippen LogP contribution < -0.4 is 9.47 Å². The Kier molecular flexibility index (Phi) is 6.18. The van der Waals surface area contributed by atoms with Crippen molar-refractivity contribution in [1.82, 2.24) is 9.80 Å². The zero-order chi connectivity index (χ0) is 23.7. The number of piperazine rings is 1. The van der Waals surface area contributed by atoms with Crippen molar-refractivity contribution in [2.45, 2.75) is 13.1 Å². The lowest BCUT2D eigenvalue weighted by atomic mass is 9.82. The van der Waals surface area contributed by atoms with Gasteiger partial charge in [0.1, 0.15) is 11.5 Å². The fraction of sp³-hybridized carbons (Fsp3) is 0.286. The number of ether oxygens (including phenoxy) is 2. The fourth-order valence-corrected chi connectivity index (χ4v) is 4.94. The Hall–Kier alpha value is -3.48. The van der Waals surface area contributed by atoms with Crippen LogP contribution in [0.5, 0.6) is 11.5 Å². The lowest BCUT2D eigenvalue weighted by molar-refractivity contribution is 0.0973. The molecule has 174 valence electrons. The number of methoxy groups -OCH3 is 2. The molecule has 0 amide bonds. The minimum Gasteiger partial charge on any atom is -0.496 e. The second-order valence-electron chi connectivity index (χ2n) is 8.80. The monoisotopic (exact) mass is 456 g/mol. The van der Waals surface area contributed by atoms with E-state index < -0.39 is 0 Å². The third kappa shape index (κ3) is 4.11. The number of rotatable bonds is 6. The number of hydrogen-bond acceptors (Lipinski definition) is 6. The predicted molar refractivity (Wildman–Crippen MR) is 130 cm³/mol. The largest absolute Gasteiger partial charge is 0.496 e. The van der Waals surface area contributed by atoms with Crippen LogP contribution in [0.4, 0.5) is 0 Å². The van der Waals surface area contributed by atoms with Crippen LogP contribution in [0.25, 0.3) is 0 Å². The molecule has 0 bridgehead atoms. The first kappa shape index (κ1) is 22.3. The maximum absolute atomic E-state index is 13.4.